The lowest BCUT2D eigenvalue weighted by molar-refractivity contribution is -0.131. The van der Waals surface area contributed by atoms with Crippen LogP contribution in [0.4, 0.5) is 0 Å². The van der Waals surface area contributed by atoms with Crippen molar-refractivity contribution in [1.29, 1.82) is 0 Å². The highest BCUT2D eigenvalue weighted by atomic mass is 16.4. The van der Waals surface area contributed by atoms with Gasteiger partial charge in [-0.1, -0.05) is 25.1 Å². The second kappa shape index (κ2) is 6.55. The van der Waals surface area contributed by atoms with E-state index in [1.54, 1.807) is 18.2 Å². The van der Waals surface area contributed by atoms with Crippen LogP contribution in [0.25, 0.3) is 0 Å². The monoisotopic (exact) mass is 275 g/mol. The van der Waals surface area contributed by atoms with E-state index in [2.05, 4.69) is 6.92 Å². The Morgan fingerprint density at radius 1 is 1.30 bits per heavy atom. The number of aryl methyl sites for hydroxylation is 1. The van der Waals surface area contributed by atoms with Crippen molar-refractivity contribution in [3.05, 3.63) is 35.4 Å². The van der Waals surface area contributed by atoms with Crippen LogP contribution in [0.3, 0.4) is 0 Å². The Kier molecular flexibility index (Phi) is 4.77. The lowest BCUT2D eigenvalue weighted by Crippen LogP contribution is -2.34. The molecule has 0 spiro atoms. The summed E-state index contributed by atoms with van der Waals surface area (Å²) in [5.74, 6) is -0.782. The minimum atomic E-state index is -0.930. The van der Waals surface area contributed by atoms with Crippen LogP contribution in [0.1, 0.15) is 48.5 Å². The summed E-state index contributed by atoms with van der Waals surface area (Å²) in [6.45, 7) is 2.88. The third-order valence-electron chi connectivity index (χ3n) is 3.63. The van der Waals surface area contributed by atoms with Crippen molar-refractivity contribution in [3.63, 3.8) is 0 Å². The minimum Gasteiger partial charge on any atom is -0.478 e. The maximum absolute atomic E-state index is 12.2. The number of hydrogen-bond donors (Lipinski definition) is 1. The Balaban J connectivity index is 1.97. The fourth-order valence-electron chi connectivity index (χ4n) is 2.47. The zero-order valence-corrected chi connectivity index (χ0v) is 11.8. The molecule has 1 amide bonds. The standard InChI is InChI=1S/C16H21NO3/c1-2-11-17(13-8-9-13)15(18)10-7-12-5-3-4-6-14(12)16(19)20/h3-6,13H,2,7-11H2,1H3,(H,19,20). The number of carboxylic acids is 1. The number of carbonyl (C=O) groups excluding carboxylic acids is 1. The van der Waals surface area contributed by atoms with E-state index in [1.807, 2.05) is 11.0 Å². The number of rotatable bonds is 7. The van der Waals surface area contributed by atoms with E-state index in [-0.39, 0.29) is 5.91 Å². The smallest absolute Gasteiger partial charge is 0.335 e. The van der Waals surface area contributed by atoms with Crippen molar-refractivity contribution < 1.29 is 14.7 Å². The van der Waals surface area contributed by atoms with E-state index in [1.165, 1.54) is 0 Å². The summed E-state index contributed by atoms with van der Waals surface area (Å²) >= 11 is 0. The minimum absolute atomic E-state index is 0.148. The van der Waals surface area contributed by atoms with E-state index in [4.69, 9.17) is 5.11 Å². The van der Waals surface area contributed by atoms with Crippen LogP contribution in [0, 0.1) is 0 Å². The Morgan fingerprint density at radius 2 is 2.00 bits per heavy atom. The van der Waals surface area contributed by atoms with Crippen LogP contribution in [0.5, 0.6) is 0 Å². The molecule has 2 rings (SSSR count). The molecule has 0 aromatic heterocycles. The topological polar surface area (TPSA) is 57.6 Å². The molecule has 1 aromatic carbocycles. The van der Waals surface area contributed by atoms with Gasteiger partial charge in [0, 0.05) is 19.0 Å². The van der Waals surface area contributed by atoms with E-state index in [9.17, 15) is 9.59 Å². The first-order valence-corrected chi connectivity index (χ1v) is 7.24. The summed E-state index contributed by atoms with van der Waals surface area (Å²) in [6.07, 6.45) is 4.07. The van der Waals surface area contributed by atoms with Gasteiger partial charge in [-0.05, 0) is 37.3 Å². The lowest BCUT2D eigenvalue weighted by Gasteiger charge is -2.21. The first-order chi connectivity index (χ1) is 9.63. The lowest BCUT2D eigenvalue weighted by atomic mass is 10.0. The number of nitrogens with zero attached hydrogens (tertiary/aromatic N) is 1. The van der Waals surface area contributed by atoms with Gasteiger partial charge in [0.1, 0.15) is 0 Å². The molecule has 0 aliphatic heterocycles. The molecule has 0 saturated heterocycles. The number of aromatic carboxylic acids is 1. The van der Waals surface area contributed by atoms with Crippen molar-refractivity contribution >= 4 is 11.9 Å². The predicted molar refractivity (Wildman–Crippen MR) is 76.7 cm³/mol. The molecule has 1 fully saturated rings. The van der Waals surface area contributed by atoms with Gasteiger partial charge in [0.2, 0.25) is 5.91 Å². The molecule has 1 aromatic rings. The number of hydrogen-bond acceptors (Lipinski definition) is 2. The van der Waals surface area contributed by atoms with Gasteiger partial charge in [0.05, 0.1) is 5.56 Å². The quantitative estimate of drug-likeness (QED) is 0.832. The van der Waals surface area contributed by atoms with E-state index in [0.29, 0.717) is 24.4 Å². The number of benzene rings is 1. The van der Waals surface area contributed by atoms with Gasteiger partial charge in [0.25, 0.3) is 0 Å². The van der Waals surface area contributed by atoms with Crippen molar-refractivity contribution in [2.75, 3.05) is 6.54 Å². The first kappa shape index (κ1) is 14.6. The summed E-state index contributed by atoms with van der Waals surface area (Å²) < 4.78 is 0. The van der Waals surface area contributed by atoms with Gasteiger partial charge < -0.3 is 10.0 Å². The van der Waals surface area contributed by atoms with Crippen molar-refractivity contribution in [2.45, 2.75) is 45.1 Å². The molecule has 20 heavy (non-hydrogen) atoms. The van der Waals surface area contributed by atoms with Gasteiger partial charge >= 0.3 is 5.97 Å². The zero-order chi connectivity index (χ0) is 14.5. The van der Waals surface area contributed by atoms with Gasteiger partial charge in [-0.3, -0.25) is 4.79 Å². The summed E-state index contributed by atoms with van der Waals surface area (Å²) in [5.41, 5.74) is 1.04. The van der Waals surface area contributed by atoms with Gasteiger partial charge in [0.15, 0.2) is 0 Å². The summed E-state index contributed by atoms with van der Waals surface area (Å²) in [7, 11) is 0. The molecule has 1 saturated carbocycles. The van der Waals surface area contributed by atoms with Crippen molar-refractivity contribution in [2.24, 2.45) is 0 Å². The van der Waals surface area contributed by atoms with Crippen LogP contribution in [-0.4, -0.2) is 34.5 Å². The van der Waals surface area contributed by atoms with Crippen LogP contribution < -0.4 is 0 Å². The molecule has 4 nitrogen and oxygen atoms in total. The molecule has 1 aliphatic carbocycles. The van der Waals surface area contributed by atoms with E-state index >= 15 is 0 Å². The SMILES string of the molecule is CCCN(C(=O)CCc1ccccc1C(=O)O)C1CC1. The normalized spacial score (nSPS) is 14.1. The Hall–Kier alpha value is -1.84. The average molecular weight is 275 g/mol. The molecule has 0 unspecified atom stereocenters. The summed E-state index contributed by atoms with van der Waals surface area (Å²) in [5, 5.41) is 9.13. The molecule has 4 heteroatoms. The van der Waals surface area contributed by atoms with Gasteiger partial charge in [-0.25, -0.2) is 4.79 Å². The highest BCUT2D eigenvalue weighted by Gasteiger charge is 2.31. The van der Waals surface area contributed by atoms with Gasteiger partial charge in [-0.15, -0.1) is 0 Å². The Bertz CT molecular complexity index is 494. The second-order valence-electron chi connectivity index (χ2n) is 5.28. The average Bonchev–Trinajstić information content (AvgIpc) is 3.26. The highest BCUT2D eigenvalue weighted by molar-refractivity contribution is 5.89. The van der Waals surface area contributed by atoms with E-state index < -0.39 is 5.97 Å². The number of carbonyl (C=O) groups is 2. The molecule has 0 atom stereocenters. The molecular formula is C16H21NO3. The highest BCUT2D eigenvalue weighted by Crippen LogP contribution is 2.27. The summed E-state index contributed by atoms with van der Waals surface area (Å²) in [4.78, 5) is 25.3. The predicted octanol–water partition coefficient (Wildman–Crippen LogP) is 2.72. The summed E-state index contributed by atoms with van der Waals surface area (Å²) in [6, 6.07) is 7.33. The fraction of sp³-hybridized carbons (Fsp3) is 0.500. The Morgan fingerprint density at radius 3 is 2.60 bits per heavy atom. The zero-order valence-electron chi connectivity index (χ0n) is 11.8. The maximum Gasteiger partial charge on any atom is 0.335 e. The van der Waals surface area contributed by atoms with Crippen LogP contribution in [-0.2, 0) is 11.2 Å². The Labute approximate surface area is 119 Å². The van der Waals surface area contributed by atoms with Crippen LogP contribution >= 0.6 is 0 Å². The first-order valence-electron chi connectivity index (χ1n) is 7.24. The molecule has 1 aliphatic rings. The molecule has 0 radical (unpaired) electrons. The third kappa shape index (κ3) is 3.59. The molecule has 0 heterocycles. The van der Waals surface area contributed by atoms with E-state index in [0.717, 1.165) is 31.4 Å². The molecular weight excluding hydrogens is 254 g/mol. The molecule has 1 N–H and O–H groups in total. The van der Waals surface area contributed by atoms with Crippen LogP contribution in [0.15, 0.2) is 24.3 Å². The molecule has 108 valence electrons. The largest absolute Gasteiger partial charge is 0.478 e. The van der Waals surface area contributed by atoms with Crippen molar-refractivity contribution in [1.82, 2.24) is 4.90 Å². The van der Waals surface area contributed by atoms with Crippen LogP contribution in [0.2, 0.25) is 0 Å². The molecule has 0 bridgehead atoms. The number of amides is 1. The fourth-order valence-corrected chi connectivity index (χ4v) is 2.47. The van der Waals surface area contributed by atoms with Gasteiger partial charge in [-0.2, -0.15) is 0 Å². The second-order valence-corrected chi connectivity index (χ2v) is 5.28. The number of carboxylic acid groups (broad SMARTS) is 1. The maximum atomic E-state index is 12.2. The third-order valence-corrected chi connectivity index (χ3v) is 3.63. The van der Waals surface area contributed by atoms with Crippen molar-refractivity contribution in [3.8, 4) is 0 Å².